The Balaban J connectivity index is 1.53. The molecule has 3 rings (SSSR count). The van der Waals surface area contributed by atoms with Gasteiger partial charge in [0.25, 0.3) is 0 Å². The number of carbonyl (C=O) groups is 1. The highest BCUT2D eigenvalue weighted by Crippen LogP contribution is 2.19. The van der Waals surface area contributed by atoms with Crippen molar-refractivity contribution in [2.24, 2.45) is 5.92 Å². The van der Waals surface area contributed by atoms with Gasteiger partial charge in [0.2, 0.25) is 0 Å². The highest BCUT2D eigenvalue weighted by atomic mass is 19.1. The molecule has 2 aromatic rings. The number of nitrogens with one attached hydrogen (secondary N) is 1. The average Bonchev–Trinajstić information content (AvgIpc) is 2.90. The fraction of sp³-hybridized carbons (Fsp3) is 0.500. The van der Waals surface area contributed by atoms with E-state index in [1.807, 2.05) is 23.4 Å². The second-order valence-electron chi connectivity index (χ2n) is 6.63. The van der Waals surface area contributed by atoms with E-state index < -0.39 is 0 Å². The topological polar surface area (TPSA) is 63.1 Å². The third-order valence-electron chi connectivity index (χ3n) is 4.53. The first-order valence-electron chi connectivity index (χ1n) is 8.66. The van der Waals surface area contributed by atoms with E-state index in [4.69, 9.17) is 0 Å². The molecule has 1 saturated heterocycles. The van der Waals surface area contributed by atoms with Gasteiger partial charge in [-0.05, 0) is 50.3 Å². The molecule has 0 aliphatic carbocycles. The Morgan fingerprint density at radius 1 is 1.40 bits per heavy atom. The summed E-state index contributed by atoms with van der Waals surface area (Å²) in [4.78, 5) is 18.6. The fourth-order valence-corrected chi connectivity index (χ4v) is 3.31. The molecule has 0 spiro atoms. The maximum Gasteiger partial charge on any atom is 0.317 e. The van der Waals surface area contributed by atoms with Crippen molar-refractivity contribution in [1.29, 1.82) is 0 Å². The van der Waals surface area contributed by atoms with Crippen LogP contribution in [0.3, 0.4) is 0 Å². The standard InChI is InChI=1S/C18H24FN5O/c1-13-21-14(2)24(22-13)12-16-6-4-8-23(11-16)18(25)20-10-15-5-3-7-17(19)9-15/h3,5,7,9,16H,4,6,8,10-12H2,1-2H3,(H,20,25). The number of nitrogens with zero attached hydrogens (tertiary/aromatic N) is 4. The molecular formula is C18H24FN5O. The predicted molar refractivity (Wildman–Crippen MR) is 92.4 cm³/mol. The van der Waals surface area contributed by atoms with Crippen molar-refractivity contribution in [3.05, 3.63) is 47.3 Å². The van der Waals surface area contributed by atoms with Crippen LogP contribution in [0.25, 0.3) is 0 Å². The number of halogens is 1. The molecule has 1 N–H and O–H groups in total. The smallest absolute Gasteiger partial charge is 0.317 e. The van der Waals surface area contributed by atoms with Crippen LogP contribution in [0.5, 0.6) is 0 Å². The molecule has 7 heteroatoms. The number of rotatable bonds is 4. The van der Waals surface area contributed by atoms with Crippen LogP contribution >= 0.6 is 0 Å². The number of urea groups is 1. The van der Waals surface area contributed by atoms with Gasteiger partial charge in [0.05, 0.1) is 0 Å². The third-order valence-corrected chi connectivity index (χ3v) is 4.53. The summed E-state index contributed by atoms with van der Waals surface area (Å²) >= 11 is 0. The van der Waals surface area contributed by atoms with Crippen molar-refractivity contribution >= 4 is 6.03 Å². The van der Waals surface area contributed by atoms with Gasteiger partial charge in [-0.1, -0.05) is 12.1 Å². The van der Waals surface area contributed by atoms with E-state index in [2.05, 4.69) is 15.4 Å². The Morgan fingerprint density at radius 3 is 2.96 bits per heavy atom. The molecular weight excluding hydrogens is 321 g/mol. The van der Waals surface area contributed by atoms with Gasteiger partial charge in [-0.25, -0.2) is 18.9 Å². The molecule has 1 aromatic heterocycles. The van der Waals surface area contributed by atoms with E-state index in [9.17, 15) is 9.18 Å². The van der Waals surface area contributed by atoms with Gasteiger partial charge >= 0.3 is 6.03 Å². The molecule has 6 nitrogen and oxygen atoms in total. The number of aromatic nitrogens is 3. The molecule has 25 heavy (non-hydrogen) atoms. The molecule has 1 atom stereocenters. The molecule has 1 fully saturated rings. The second kappa shape index (κ2) is 7.63. The lowest BCUT2D eigenvalue weighted by molar-refractivity contribution is 0.157. The summed E-state index contributed by atoms with van der Waals surface area (Å²) in [5.74, 6) is 1.76. The van der Waals surface area contributed by atoms with Crippen LogP contribution in [-0.2, 0) is 13.1 Å². The van der Waals surface area contributed by atoms with Crippen LogP contribution in [-0.4, -0.2) is 38.8 Å². The summed E-state index contributed by atoms with van der Waals surface area (Å²) in [7, 11) is 0. The highest BCUT2D eigenvalue weighted by Gasteiger charge is 2.24. The first-order chi connectivity index (χ1) is 12.0. The van der Waals surface area contributed by atoms with E-state index >= 15 is 0 Å². The minimum atomic E-state index is -0.289. The second-order valence-corrected chi connectivity index (χ2v) is 6.63. The average molecular weight is 345 g/mol. The van der Waals surface area contributed by atoms with Crippen molar-refractivity contribution in [3.8, 4) is 0 Å². The number of hydrogen-bond acceptors (Lipinski definition) is 3. The van der Waals surface area contributed by atoms with Crippen LogP contribution in [0.15, 0.2) is 24.3 Å². The fourth-order valence-electron chi connectivity index (χ4n) is 3.31. The summed E-state index contributed by atoms with van der Waals surface area (Å²) in [6.45, 7) is 6.40. The van der Waals surface area contributed by atoms with Crippen LogP contribution in [0.4, 0.5) is 9.18 Å². The summed E-state index contributed by atoms with van der Waals surface area (Å²) in [6.07, 6.45) is 2.05. The Kier molecular flexibility index (Phi) is 5.31. The molecule has 1 unspecified atom stereocenters. The Morgan fingerprint density at radius 2 is 2.24 bits per heavy atom. The number of aryl methyl sites for hydroxylation is 2. The number of benzene rings is 1. The summed E-state index contributed by atoms with van der Waals surface area (Å²) < 4.78 is 15.1. The molecule has 134 valence electrons. The number of hydrogen-bond donors (Lipinski definition) is 1. The van der Waals surface area contributed by atoms with E-state index in [0.29, 0.717) is 19.0 Å². The van der Waals surface area contributed by atoms with Gasteiger partial charge in [-0.15, -0.1) is 0 Å². The maximum atomic E-state index is 13.2. The number of amides is 2. The predicted octanol–water partition coefficient (Wildman–Crippen LogP) is 2.66. The molecule has 1 aliphatic rings. The summed E-state index contributed by atoms with van der Waals surface area (Å²) in [5, 5.41) is 7.29. The van der Waals surface area contributed by atoms with Gasteiger partial charge in [-0.3, -0.25) is 0 Å². The van der Waals surface area contributed by atoms with Crippen LogP contribution in [0.1, 0.15) is 30.1 Å². The van der Waals surface area contributed by atoms with E-state index in [-0.39, 0.29) is 11.8 Å². The lowest BCUT2D eigenvalue weighted by Gasteiger charge is -2.32. The van der Waals surface area contributed by atoms with Crippen molar-refractivity contribution in [1.82, 2.24) is 25.0 Å². The van der Waals surface area contributed by atoms with Gasteiger partial charge in [0.15, 0.2) is 0 Å². The lowest BCUT2D eigenvalue weighted by atomic mass is 9.98. The number of piperidine rings is 1. The van der Waals surface area contributed by atoms with E-state index in [1.54, 1.807) is 12.1 Å². The maximum absolute atomic E-state index is 13.2. The molecule has 2 heterocycles. The van der Waals surface area contributed by atoms with Gasteiger partial charge in [0, 0.05) is 26.2 Å². The Hall–Kier alpha value is -2.44. The lowest BCUT2D eigenvalue weighted by Crippen LogP contribution is -2.46. The monoisotopic (exact) mass is 345 g/mol. The zero-order valence-corrected chi connectivity index (χ0v) is 14.7. The van der Waals surface area contributed by atoms with Gasteiger partial charge in [-0.2, -0.15) is 5.10 Å². The molecule has 2 amide bonds. The third kappa shape index (κ3) is 4.55. The van der Waals surface area contributed by atoms with Crippen molar-refractivity contribution in [3.63, 3.8) is 0 Å². The first kappa shape index (κ1) is 17.4. The zero-order chi connectivity index (χ0) is 17.8. The minimum absolute atomic E-state index is 0.0968. The normalized spacial score (nSPS) is 17.6. The number of carbonyl (C=O) groups excluding carboxylic acids is 1. The Labute approximate surface area is 147 Å². The Bertz CT molecular complexity index is 745. The SMILES string of the molecule is Cc1nc(C)n(CC2CCCN(C(=O)NCc3cccc(F)c3)C2)n1. The van der Waals surface area contributed by atoms with Crippen LogP contribution < -0.4 is 5.32 Å². The molecule has 0 bridgehead atoms. The molecule has 1 aliphatic heterocycles. The van der Waals surface area contributed by atoms with Crippen LogP contribution in [0, 0.1) is 25.6 Å². The van der Waals surface area contributed by atoms with Crippen molar-refractivity contribution in [2.75, 3.05) is 13.1 Å². The molecule has 1 aromatic carbocycles. The highest BCUT2D eigenvalue weighted by molar-refractivity contribution is 5.74. The van der Waals surface area contributed by atoms with Crippen molar-refractivity contribution in [2.45, 2.75) is 39.8 Å². The quantitative estimate of drug-likeness (QED) is 0.927. The number of likely N-dealkylation sites (tertiary alicyclic amines) is 1. The minimum Gasteiger partial charge on any atom is -0.334 e. The molecule has 0 saturated carbocycles. The van der Waals surface area contributed by atoms with Gasteiger partial charge < -0.3 is 10.2 Å². The summed E-state index contributed by atoms with van der Waals surface area (Å²) in [5.41, 5.74) is 0.760. The zero-order valence-electron chi connectivity index (χ0n) is 14.7. The summed E-state index contributed by atoms with van der Waals surface area (Å²) in [6, 6.07) is 6.19. The molecule has 0 radical (unpaired) electrons. The van der Waals surface area contributed by atoms with E-state index in [0.717, 1.165) is 43.1 Å². The van der Waals surface area contributed by atoms with Gasteiger partial charge in [0.1, 0.15) is 17.5 Å². The largest absolute Gasteiger partial charge is 0.334 e. The van der Waals surface area contributed by atoms with Crippen LogP contribution in [0.2, 0.25) is 0 Å². The van der Waals surface area contributed by atoms with E-state index in [1.165, 1.54) is 12.1 Å². The first-order valence-corrected chi connectivity index (χ1v) is 8.66. The van der Waals surface area contributed by atoms with Crippen molar-refractivity contribution < 1.29 is 9.18 Å².